The fourth-order valence-corrected chi connectivity index (χ4v) is 2.39. The minimum atomic E-state index is -0.434. The summed E-state index contributed by atoms with van der Waals surface area (Å²) in [7, 11) is 0. The summed E-state index contributed by atoms with van der Waals surface area (Å²) >= 11 is 0. The van der Waals surface area contributed by atoms with Gasteiger partial charge in [-0.25, -0.2) is 8.78 Å². The molecule has 0 radical (unpaired) electrons. The first-order valence-electron chi connectivity index (χ1n) is 7.37. The zero-order valence-electron chi connectivity index (χ0n) is 12.4. The van der Waals surface area contributed by atoms with Gasteiger partial charge in [0, 0.05) is 18.3 Å². The van der Waals surface area contributed by atoms with Crippen LogP contribution < -0.4 is 5.32 Å². The van der Waals surface area contributed by atoms with Crippen molar-refractivity contribution in [1.82, 2.24) is 15.1 Å². The van der Waals surface area contributed by atoms with Crippen LogP contribution in [-0.2, 0) is 6.54 Å². The Hall–Kier alpha value is -1.75. The summed E-state index contributed by atoms with van der Waals surface area (Å²) in [6.45, 7) is 5.57. The van der Waals surface area contributed by atoms with Crippen LogP contribution in [0.3, 0.4) is 0 Å². The lowest BCUT2D eigenvalue weighted by Gasteiger charge is -2.21. The number of hydrogen-bond acceptors (Lipinski definition) is 2. The molecule has 3 nitrogen and oxygen atoms in total. The topological polar surface area (TPSA) is 29.9 Å². The molecule has 0 fully saturated rings. The maximum absolute atomic E-state index is 14.1. The highest BCUT2D eigenvalue weighted by molar-refractivity contribution is 5.29. The van der Waals surface area contributed by atoms with Gasteiger partial charge in [-0.05, 0) is 43.7 Å². The van der Waals surface area contributed by atoms with Crippen molar-refractivity contribution in [3.05, 3.63) is 53.4 Å². The molecule has 0 aliphatic heterocycles. The quantitative estimate of drug-likeness (QED) is 0.844. The van der Waals surface area contributed by atoms with Gasteiger partial charge >= 0.3 is 0 Å². The lowest BCUT2D eigenvalue weighted by molar-refractivity contribution is 0.489. The highest BCUT2D eigenvalue weighted by atomic mass is 19.1. The predicted molar refractivity (Wildman–Crippen MR) is 79.0 cm³/mol. The first kappa shape index (κ1) is 15.6. The first-order chi connectivity index (χ1) is 10.2. The van der Waals surface area contributed by atoms with Gasteiger partial charge in [-0.3, -0.25) is 4.68 Å². The molecule has 0 saturated heterocycles. The number of halogens is 2. The molecular weight excluding hydrogens is 272 g/mol. The van der Waals surface area contributed by atoms with E-state index in [1.54, 1.807) is 6.20 Å². The lowest BCUT2D eigenvalue weighted by atomic mass is 10.0. The summed E-state index contributed by atoms with van der Waals surface area (Å²) < 4.78 is 29.5. The molecule has 0 bridgehead atoms. The second-order valence-corrected chi connectivity index (χ2v) is 5.03. The number of aromatic nitrogens is 2. The van der Waals surface area contributed by atoms with Crippen molar-refractivity contribution >= 4 is 0 Å². The molecule has 114 valence electrons. The summed E-state index contributed by atoms with van der Waals surface area (Å²) in [6, 6.07) is 5.03. The Morgan fingerprint density at radius 2 is 2.00 bits per heavy atom. The van der Waals surface area contributed by atoms with Crippen LogP contribution in [-0.4, -0.2) is 16.3 Å². The molecule has 1 unspecified atom stereocenters. The monoisotopic (exact) mass is 293 g/mol. The maximum Gasteiger partial charge on any atom is 0.128 e. The van der Waals surface area contributed by atoms with E-state index in [9.17, 15) is 8.78 Å². The van der Waals surface area contributed by atoms with Crippen molar-refractivity contribution in [2.75, 3.05) is 6.54 Å². The van der Waals surface area contributed by atoms with E-state index in [0.717, 1.165) is 37.7 Å². The van der Waals surface area contributed by atoms with Crippen LogP contribution in [0.25, 0.3) is 0 Å². The van der Waals surface area contributed by atoms with E-state index < -0.39 is 17.7 Å². The molecule has 0 aliphatic rings. The molecule has 1 atom stereocenters. The number of nitrogens with zero attached hydrogens (tertiary/aromatic N) is 2. The van der Waals surface area contributed by atoms with Crippen molar-refractivity contribution in [3.8, 4) is 0 Å². The van der Waals surface area contributed by atoms with E-state index in [1.165, 1.54) is 12.1 Å². The Kier molecular flexibility index (Phi) is 5.44. The highest BCUT2D eigenvalue weighted by Gasteiger charge is 2.21. The van der Waals surface area contributed by atoms with Gasteiger partial charge in [-0.15, -0.1) is 0 Å². The largest absolute Gasteiger partial charge is 0.305 e. The molecule has 2 rings (SSSR count). The summed E-state index contributed by atoms with van der Waals surface area (Å²) in [5, 5.41) is 7.56. The van der Waals surface area contributed by atoms with Crippen LogP contribution in [0.1, 0.15) is 44.0 Å². The summed E-state index contributed by atoms with van der Waals surface area (Å²) in [4.78, 5) is 0. The molecule has 1 heterocycles. The van der Waals surface area contributed by atoms with Crippen molar-refractivity contribution in [3.63, 3.8) is 0 Å². The molecule has 0 aliphatic carbocycles. The SMILES string of the molecule is CCCNC(c1cc(F)ccc1F)c1ccnn1CCC. The third-order valence-corrected chi connectivity index (χ3v) is 3.35. The molecular formula is C16H21F2N3. The smallest absolute Gasteiger partial charge is 0.128 e. The maximum atomic E-state index is 14.1. The standard InChI is InChI=1S/C16H21F2N3/c1-3-8-19-16(13-11-12(17)5-6-14(13)18)15-7-9-20-21(15)10-4-2/h5-7,9,11,16,19H,3-4,8,10H2,1-2H3. The molecule has 1 N–H and O–H groups in total. The van der Waals surface area contributed by atoms with E-state index in [2.05, 4.69) is 17.3 Å². The summed E-state index contributed by atoms with van der Waals surface area (Å²) in [5.41, 5.74) is 1.18. The van der Waals surface area contributed by atoms with E-state index in [1.807, 2.05) is 17.7 Å². The Labute approximate surface area is 124 Å². The van der Waals surface area contributed by atoms with Gasteiger partial charge < -0.3 is 5.32 Å². The zero-order valence-corrected chi connectivity index (χ0v) is 12.4. The normalized spacial score (nSPS) is 12.6. The third kappa shape index (κ3) is 3.67. The minimum Gasteiger partial charge on any atom is -0.305 e. The second-order valence-electron chi connectivity index (χ2n) is 5.03. The highest BCUT2D eigenvalue weighted by Crippen LogP contribution is 2.25. The molecule has 2 aromatic rings. The summed E-state index contributed by atoms with van der Waals surface area (Å²) in [5.74, 6) is -0.842. The van der Waals surface area contributed by atoms with Crippen molar-refractivity contribution in [2.24, 2.45) is 0 Å². The second kappa shape index (κ2) is 7.31. The van der Waals surface area contributed by atoms with Crippen LogP contribution in [0.15, 0.2) is 30.5 Å². The van der Waals surface area contributed by atoms with E-state index in [0.29, 0.717) is 5.56 Å². The van der Waals surface area contributed by atoms with E-state index >= 15 is 0 Å². The van der Waals surface area contributed by atoms with Crippen molar-refractivity contribution in [1.29, 1.82) is 0 Å². The number of aryl methyl sites for hydroxylation is 1. The average molecular weight is 293 g/mol. The molecule has 21 heavy (non-hydrogen) atoms. The van der Waals surface area contributed by atoms with Gasteiger partial charge in [0.05, 0.1) is 11.7 Å². The average Bonchev–Trinajstić information content (AvgIpc) is 2.92. The Morgan fingerprint density at radius 3 is 2.71 bits per heavy atom. The number of nitrogens with one attached hydrogen (secondary N) is 1. The van der Waals surface area contributed by atoms with Gasteiger partial charge in [-0.1, -0.05) is 13.8 Å². The van der Waals surface area contributed by atoms with Gasteiger partial charge in [-0.2, -0.15) is 5.10 Å². The van der Waals surface area contributed by atoms with Gasteiger partial charge in [0.15, 0.2) is 0 Å². The molecule has 1 aromatic carbocycles. The van der Waals surface area contributed by atoms with Crippen molar-refractivity contribution < 1.29 is 8.78 Å². The molecule has 0 spiro atoms. The van der Waals surface area contributed by atoms with Crippen LogP contribution >= 0.6 is 0 Å². The Morgan fingerprint density at radius 1 is 1.19 bits per heavy atom. The van der Waals surface area contributed by atoms with Crippen LogP contribution in [0.5, 0.6) is 0 Å². The van der Waals surface area contributed by atoms with Crippen LogP contribution in [0, 0.1) is 11.6 Å². The number of rotatable bonds is 7. The van der Waals surface area contributed by atoms with Crippen molar-refractivity contribution in [2.45, 2.75) is 39.3 Å². The number of hydrogen-bond donors (Lipinski definition) is 1. The molecule has 0 saturated carbocycles. The zero-order chi connectivity index (χ0) is 15.2. The van der Waals surface area contributed by atoms with E-state index in [4.69, 9.17) is 0 Å². The third-order valence-electron chi connectivity index (χ3n) is 3.35. The first-order valence-corrected chi connectivity index (χ1v) is 7.37. The Balaban J connectivity index is 2.42. The van der Waals surface area contributed by atoms with Gasteiger partial charge in [0.25, 0.3) is 0 Å². The molecule has 5 heteroatoms. The fourth-order valence-electron chi connectivity index (χ4n) is 2.39. The van der Waals surface area contributed by atoms with Gasteiger partial charge in [0.1, 0.15) is 11.6 Å². The van der Waals surface area contributed by atoms with Gasteiger partial charge in [0.2, 0.25) is 0 Å². The molecule has 1 aromatic heterocycles. The molecule has 0 amide bonds. The lowest BCUT2D eigenvalue weighted by Crippen LogP contribution is -2.27. The van der Waals surface area contributed by atoms with Crippen LogP contribution in [0.2, 0.25) is 0 Å². The fraction of sp³-hybridized carbons (Fsp3) is 0.438. The van der Waals surface area contributed by atoms with E-state index in [-0.39, 0.29) is 0 Å². The Bertz CT molecular complexity index is 581. The summed E-state index contributed by atoms with van der Waals surface area (Å²) in [6.07, 6.45) is 3.54. The number of benzene rings is 1. The minimum absolute atomic E-state index is 0.321. The predicted octanol–water partition coefficient (Wildman–Crippen LogP) is 3.66. The van der Waals surface area contributed by atoms with Crippen LogP contribution in [0.4, 0.5) is 8.78 Å².